The maximum absolute atomic E-state index is 13.2. The number of carbonyl (C=O) groups excluding carboxylic acids is 3. The molecule has 2 saturated heterocycles. The van der Waals surface area contributed by atoms with E-state index in [1.165, 1.54) is 23.4 Å². The number of urea groups is 1. The van der Waals surface area contributed by atoms with E-state index >= 15 is 0 Å². The highest BCUT2D eigenvalue weighted by molar-refractivity contribution is 6.32. The van der Waals surface area contributed by atoms with Crippen LogP contribution < -0.4 is 20.9 Å². The van der Waals surface area contributed by atoms with Crippen LogP contribution in [0.15, 0.2) is 55.2 Å². The van der Waals surface area contributed by atoms with Crippen molar-refractivity contribution in [2.24, 2.45) is 5.92 Å². The Balaban J connectivity index is 0.991. The quantitative estimate of drug-likeness (QED) is 0.182. The largest absolute Gasteiger partial charge is 0.357 e. The molecule has 51 heavy (non-hydrogen) atoms. The number of nitrogens with one attached hydrogen (secondary N) is 3. The number of anilines is 3. The smallest absolute Gasteiger partial charge is 0.323 e. The van der Waals surface area contributed by atoms with Crippen LogP contribution in [0.25, 0.3) is 11.5 Å². The van der Waals surface area contributed by atoms with Gasteiger partial charge >= 0.3 is 6.03 Å². The molecule has 2 fully saturated rings. The molecule has 5 aromatic rings. The Labute approximate surface area is 302 Å². The zero-order chi connectivity index (χ0) is 35.6. The van der Waals surface area contributed by atoms with E-state index in [0.29, 0.717) is 46.8 Å². The number of halogens is 2. The molecule has 1 unspecified atom stereocenters. The standard InChI is InChI=1S/C33H35Cl2N13O3/c1-19(45(2)18-20-7-11-46(12-8-20)27-5-3-21(15-36-27)23-4-6-29(49)43-32(23)50)30-25(17-37-28-14-26(35)44-47(28)30)42-33(51)41-22-13-24(34)31(38-16-22)48-39-9-10-40-48/h3,5,9-10,13-17,19-20,23H,4,6-8,11-12,18H2,1-2H3,(H2,41,42,51)(H,43,49,50)/t19-,23?/m1/s1. The van der Waals surface area contributed by atoms with Crippen molar-refractivity contribution < 1.29 is 14.4 Å². The number of hydrogen-bond acceptors (Lipinski definition) is 11. The molecule has 2 aliphatic heterocycles. The Kier molecular flexibility index (Phi) is 9.79. The zero-order valence-corrected chi connectivity index (χ0v) is 29.3. The van der Waals surface area contributed by atoms with Gasteiger partial charge in [0.15, 0.2) is 16.6 Å². The van der Waals surface area contributed by atoms with E-state index in [0.717, 1.165) is 49.6 Å². The predicted octanol–water partition coefficient (Wildman–Crippen LogP) is 4.48. The molecule has 0 bridgehead atoms. The van der Waals surface area contributed by atoms with Gasteiger partial charge in [-0.25, -0.2) is 24.3 Å². The van der Waals surface area contributed by atoms with E-state index in [-0.39, 0.29) is 28.8 Å². The summed E-state index contributed by atoms with van der Waals surface area (Å²) in [6, 6.07) is 6.44. The number of pyridine rings is 2. The van der Waals surface area contributed by atoms with Gasteiger partial charge in [0.25, 0.3) is 0 Å². The van der Waals surface area contributed by atoms with Crippen LogP contribution in [-0.2, 0) is 9.59 Å². The van der Waals surface area contributed by atoms with Crippen LogP contribution in [0.4, 0.5) is 22.0 Å². The van der Waals surface area contributed by atoms with Gasteiger partial charge in [-0.15, -0.1) is 4.80 Å². The molecule has 0 saturated carbocycles. The Bertz CT molecular complexity index is 2060. The molecular weight excluding hydrogens is 697 g/mol. The van der Waals surface area contributed by atoms with E-state index in [2.05, 4.69) is 70.0 Å². The van der Waals surface area contributed by atoms with Gasteiger partial charge in [0.2, 0.25) is 11.8 Å². The molecule has 264 valence electrons. The summed E-state index contributed by atoms with van der Waals surface area (Å²) >= 11 is 12.7. The minimum absolute atomic E-state index is 0.182. The molecule has 0 radical (unpaired) electrons. The molecule has 4 amide bonds. The highest BCUT2D eigenvalue weighted by Crippen LogP contribution is 2.32. The molecule has 5 aromatic heterocycles. The van der Waals surface area contributed by atoms with Gasteiger partial charge in [0, 0.05) is 38.3 Å². The first-order valence-electron chi connectivity index (χ1n) is 16.5. The van der Waals surface area contributed by atoms with E-state index in [1.54, 1.807) is 29.0 Å². The van der Waals surface area contributed by atoms with Crippen molar-refractivity contribution in [3.8, 4) is 5.82 Å². The van der Waals surface area contributed by atoms with Crippen LogP contribution in [-0.4, -0.2) is 89.0 Å². The highest BCUT2D eigenvalue weighted by atomic mass is 35.5. The first-order valence-corrected chi connectivity index (χ1v) is 17.3. The summed E-state index contributed by atoms with van der Waals surface area (Å²) in [7, 11) is 2.05. The van der Waals surface area contributed by atoms with Crippen LogP contribution in [0, 0.1) is 5.92 Å². The molecule has 0 spiro atoms. The summed E-state index contributed by atoms with van der Waals surface area (Å²) in [4.78, 5) is 56.2. The fraction of sp³-hybridized carbons (Fsp3) is 0.364. The topological polar surface area (TPSA) is 180 Å². The van der Waals surface area contributed by atoms with Crippen molar-refractivity contribution in [1.29, 1.82) is 0 Å². The van der Waals surface area contributed by atoms with Gasteiger partial charge in [-0.05, 0) is 56.8 Å². The maximum Gasteiger partial charge on any atom is 0.323 e. The number of carbonyl (C=O) groups is 3. The Hall–Kier alpha value is -5.19. The first kappa shape index (κ1) is 34.3. The van der Waals surface area contributed by atoms with Gasteiger partial charge in [-0.3, -0.25) is 19.8 Å². The monoisotopic (exact) mass is 731 g/mol. The Morgan fingerprint density at radius 2 is 1.80 bits per heavy atom. The number of hydrogen-bond donors (Lipinski definition) is 3. The summed E-state index contributed by atoms with van der Waals surface area (Å²) in [5, 5.41) is 21.2. The van der Waals surface area contributed by atoms with Crippen molar-refractivity contribution in [1.82, 2.24) is 49.8 Å². The van der Waals surface area contributed by atoms with Crippen molar-refractivity contribution in [3.05, 3.63) is 76.7 Å². The second-order valence-electron chi connectivity index (χ2n) is 12.7. The Morgan fingerprint density at radius 3 is 2.51 bits per heavy atom. The highest BCUT2D eigenvalue weighted by Gasteiger charge is 2.29. The number of piperidine rings is 2. The van der Waals surface area contributed by atoms with Gasteiger partial charge in [-0.1, -0.05) is 29.3 Å². The third-order valence-corrected chi connectivity index (χ3v) is 9.84. The molecule has 2 atom stereocenters. The number of aromatic nitrogens is 8. The molecule has 0 aliphatic carbocycles. The molecule has 2 aliphatic rings. The molecule has 18 heteroatoms. The van der Waals surface area contributed by atoms with Crippen LogP contribution in [0.5, 0.6) is 0 Å². The third kappa shape index (κ3) is 7.48. The molecular formula is C33H35Cl2N13O3. The van der Waals surface area contributed by atoms with E-state index in [1.807, 2.05) is 12.1 Å². The summed E-state index contributed by atoms with van der Waals surface area (Å²) in [6.45, 7) is 4.56. The minimum Gasteiger partial charge on any atom is -0.357 e. The lowest BCUT2D eigenvalue weighted by Gasteiger charge is -2.36. The van der Waals surface area contributed by atoms with Crippen LogP contribution in [0.1, 0.15) is 55.8 Å². The van der Waals surface area contributed by atoms with Crippen LogP contribution >= 0.6 is 23.2 Å². The lowest BCUT2D eigenvalue weighted by atomic mass is 9.91. The average Bonchev–Trinajstić information content (AvgIpc) is 3.78. The number of fused-ring (bicyclic) bond motifs is 1. The lowest BCUT2D eigenvalue weighted by Crippen LogP contribution is -2.40. The average molecular weight is 733 g/mol. The number of imide groups is 1. The van der Waals surface area contributed by atoms with Crippen LogP contribution in [0.3, 0.4) is 0 Å². The second kappa shape index (κ2) is 14.6. The lowest BCUT2D eigenvalue weighted by molar-refractivity contribution is -0.134. The summed E-state index contributed by atoms with van der Waals surface area (Å²) in [6.07, 6.45) is 10.6. The van der Waals surface area contributed by atoms with Gasteiger partial charge in [0.1, 0.15) is 5.82 Å². The zero-order valence-electron chi connectivity index (χ0n) is 27.8. The SMILES string of the molecule is C[C@H](c1c(NC(=O)Nc2cnc(-n3nccn3)c(Cl)c2)cnc2cc(Cl)nn12)N(C)CC1CCN(c2ccc(C3CCC(=O)NC3=O)cn2)CC1. The predicted molar refractivity (Wildman–Crippen MR) is 190 cm³/mol. The molecule has 7 rings (SSSR count). The summed E-state index contributed by atoms with van der Waals surface area (Å²) in [5.74, 6) is 0.794. The Morgan fingerprint density at radius 1 is 1.02 bits per heavy atom. The number of nitrogens with zero attached hydrogens (tertiary/aromatic N) is 10. The van der Waals surface area contributed by atoms with Crippen molar-refractivity contribution >= 4 is 63.9 Å². The normalized spacial score (nSPS) is 17.5. The first-order chi connectivity index (χ1) is 24.6. The fourth-order valence-corrected chi connectivity index (χ4v) is 7.01. The fourth-order valence-electron chi connectivity index (χ4n) is 6.60. The second-order valence-corrected chi connectivity index (χ2v) is 13.5. The van der Waals surface area contributed by atoms with Crippen molar-refractivity contribution in [2.45, 2.75) is 44.6 Å². The molecule has 0 aromatic carbocycles. The van der Waals surface area contributed by atoms with Crippen LogP contribution in [0.2, 0.25) is 10.2 Å². The molecule has 3 N–H and O–H groups in total. The van der Waals surface area contributed by atoms with E-state index < -0.39 is 6.03 Å². The number of amides is 4. The number of rotatable bonds is 9. The molecule has 16 nitrogen and oxygen atoms in total. The van der Waals surface area contributed by atoms with Crippen molar-refractivity contribution in [2.75, 3.05) is 42.2 Å². The minimum atomic E-state index is -0.514. The molecule has 7 heterocycles. The van der Waals surface area contributed by atoms with Gasteiger partial charge in [0.05, 0.1) is 58.8 Å². The van der Waals surface area contributed by atoms with Crippen molar-refractivity contribution in [3.63, 3.8) is 0 Å². The summed E-state index contributed by atoms with van der Waals surface area (Å²) < 4.78 is 1.66. The van der Waals surface area contributed by atoms with Gasteiger partial charge in [-0.2, -0.15) is 15.3 Å². The maximum atomic E-state index is 13.2. The van der Waals surface area contributed by atoms with E-state index in [9.17, 15) is 14.4 Å². The van der Waals surface area contributed by atoms with E-state index in [4.69, 9.17) is 23.2 Å². The summed E-state index contributed by atoms with van der Waals surface area (Å²) in [5.41, 5.74) is 2.95. The third-order valence-electron chi connectivity index (χ3n) is 9.38. The van der Waals surface area contributed by atoms with Gasteiger partial charge < -0.3 is 15.5 Å².